The lowest BCUT2D eigenvalue weighted by molar-refractivity contribution is -0.136. The van der Waals surface area contributed by atoms with Gasteiger partial charge in [-0.05, 0) is 47.6 Å². The van der Waals surface area contributed by atoms with Gasteiger partial charge in [-0.2, -0.15) is 0 Å². The predicted molar refractivity (Wildman–Crippen MR) is 111 cm³/mol. The first-order valence-electron chi connectivity index (χ1n) is 9.20. The van der Waals surface area contributed by atoms with Gasteiger partial charge in [0.15, 0.2) is 11.5 Å². The highest BCUT2D eigenvalue weighted by Gasteiger charge is 2.38. The number of rotatable bonds is 8. The summed E-state index contributed by atoms with van der Waals surface area (Å²) in [4.78, 5) is 27.6. The summed E-state index contributed by atoms with van der Waals surface area (Å²) in [5.74, 6) is 0.825. The number of amides is 2. The van der Waals surface area contributed by atoms with Crippen LogP contribution in [0.25, 0.3) is 5.57 Å². The minimum absolute atomic E-state index is 0.242. The third kappa shape index (κ3) is 4.29. The molecule has 2 amide bonds. The van der Waals surface area contributed by atoms with Crippen LogP contribution >= 0.6 is 11.8 Å². The molecule has 0 aromatic heterocycles. The van der Waals surface area contributed by atoms with E-state index in [-0.39, 0.29) is 24.2 Å². The molecule has 1 aliphatic heterocycles. The van der Waals surface area contributed by atoms with Gasteiger partial charge in [0, 0.05) is 6.54 Å². The number of benzene rings is 2. The molecular weight excluding hydrogens is 393 g/mol. The third-order valence-electron chi connectivity index (χ3n) is 4.62. The Hall–Kier alpha value is -2.80. The maximum absolute atomic E-state index is 13.3. The standard InChI is InChI=1S/C22H22FNO4S/c1-4-29-20-19(15-6-8-16(23)9-7-15)21(25)24(22(20)26)12-11-14-5-10-17(27-2)18(13-14)28-3/h5-10,13H,4,11-12H2,1-3H3. The number of imide groups is 1. The van der Waals surface area contributed by atoms with Crippen LogP contribution in [-0.4, -0.2) is 43.2 Å². The number of halogens is 1. The Labute approximate surface area is 173 Å². The van der Waals surface area contributed by atoms with Gasteiger partial charge in [-0.25, -0.2) is 4.39 Å². The normalized spacial score (nSPS) is 14.0. The lowest BCUT2D eigenvalue weighted by Crippen LogP contribution is -2.33. The molecule has 3 rings (SSSR count). The maximum Gasteiger partial charge on any atom is 0.267 e. The van der Waals surface area contributed by atoms with Crippen LogP contribution in [0.15, 0.2) is 47.4 Å². The van der Waals surface area contributed by atoms with Crippen molar-refractivity contribution < 1.29 is 23.5 Å². The summed E-state index contributed by atoms with van der Waals surface area (Å²) in [6, 6.07) is 11.2. The van der Waals surface area contributed by atoms with Gasteiger partial charge in [0.2, 0.25) is 0 Å². The zero-order valence-corrected chi connectivity index (χ0v) is 17.3. The second kappa shape index (κ2) is 9.13. The lowest BCUT2D eigenvalue weighted by Gasteiger charge is -2.16. The van der Waals surface area contributed by atoms with Crippen molar-refractivity contribution in [3.63, 3.8) is 0 Å². The number of thioether (sulfide) groups is 1. The molecule has 0 saturated heterocycles. The SMILES string of the molecule is CCSC1=C(c2ccc(F)cc2)C(=O)N(CCc2ccc(OC)c(OC)c2)C1=O. The van der Waals surface area contributed by atoms with E-state index in [0.29, 0.717) is 39.7 Å². The number of carbonyl (C=O) groups is 2. The van der Waals surface area contributed by atoms with E-state index in [1.807, 2.05) is 19.1 Å². The van der Waals surface area contributed by atoms with E-state index in [1.54, 1.807) is 20.3 Å². The third-order valence-corrected chi connectivity index (χ3v) is 5.58. The van der Waals surface area contributed by atoms with Crippen LogP contribution in [-0.2, 0) is 16.0 Å². The Bertz CT molecular complexity index is 956. The first-order chi connectivity index (χ1) is 14.0. The first-order valence-corrected chi connectivity index (χ1v) is 10.2. The predicted octanol–water partition coefficient (Wildman–Crippen LogP) is 3.92. The molecule has 0 bridgehead atoms. The number of methoxy groups -OCH3 is 2. The summed E-state index contributed by atoms with van der Waals surface area (Å²) in [7, 11) is 3.12. The molecule has 5 nitrogen and oxygen atoms in total. The topological polar surface area (TPSA) is 55.8 Å². The number of nitrogens with zero attached hydrogens (tertiary/aromatic N) is 1. The Morgan fingerprint density at radius 1 is 0.966 bits per heavy atom. The Balaban J connectivity index is 1.82. The van der Waals surface area contributed by atoms with Crippen LogP contribution in [0.5, 0.6) is 11.5 Å². The molecule has 7 heteroatoms. The average molecular weight is 415 g/mol. The van der Waals surface area contributed by atoms with Gasteiger partial charge in [0.25, 0.3) is 11.8 Å². The Morgan fingerprint density at radius 2 is 1.66 bits per heavy atom. The van der Waals surface area contributed by atoms with Gasteiger partial charge in [-0.3, -0.25) is 14.5 Å². The minimum Gasteiger partial charge on any atom is -0.493 e. The van der Waals surface area contributed by atoms with Crippen molar-refractivity contribution in [1.29, 1.82) is 0 Å². The highest BCUT2D eigenvalue weighted by Crippen LogP contribution is 2.36. The van der Waals surface area contributed by atoms with E-state index >= 15 is 0 Å². The molecule has 1 aliphatic rings. The van der Waals surface area contributed by atoms with E-state index in [0.717, 1.165) is 5.56 Å². The minimum atomic E-state index is -0.388. The van der Waals surface area contributed by atoms with Crippen molar-refractivity contribution in [2.75, 3.05) is 26.5 Å². The van der Waals surface area contributed by atoms with Crippen molar-refractivity contribution in [2.45, 2.75) is 13.3 Å². The van der Waals surface area contributed by atoms with Gasteiger partial charge in [0.05, 0.1) is 24.7 Å². The highest BCUT2D eigenvalue weighted by molar-refractivity contribution is 8.04. The number of carbonyl (C=O) groups excluding carboxylic acids is 2. The van der Waals surface area contributed by atoms with Crippen LogP contribution in [0.3, 0.4) is 0 Å². The van der Waals surface area contributed by atoms with Gasteiger partial charge in [0.1, 0.15) is 5.82 Å². The molecule has 29 heavy (non-hydrogen) atoms. The second-order valence-electron chi connectivity index (χ2n) is 6.35. The van der Waals surface area contributed by atoms with E-state index < -0.39 is 0 Å². The highest BCUT2D eigenvalue weighted by atomic mass is 32.2. The van der Waals surface area contributed by atoms with E-state index in [1.165, 1.54) is 40.9 Å². The smallest absolute Gasteiger partial charge is 0.267 e. The molecule has 2 aromatic rings. The van der Waals surface area contributed by atoms with Crippen LogP contribution in [0.4, 0.5) is 4.39 Å². The summed E-state index contributed by atoms with van der Waals surface area (Å²) in [5, 5.41) is 0. The van der Waals surface area contributed by atoms with Gasteiger partial charge in [-0.15, -0.1) is 11.8 Å². The summed E-state index contributed by atoms with van der Waals surface area (Å²) >= 11 is 1.33. The Morgan fingerprint density at radius 3 is 2.28 bits per heavy atom. The molecule has 0 N–H and O–H groups in total. The van der Waals surface area contributed by atoms with Gasteiger partial charge >= 0.3 is 0 Å². The summed E-state index contributed by atoms with van der Waals surface area (Å²) in [5.41, 5.74) is 1.81. The number of hydrogen-bond acceptors (Lipinski definition) is 5. The number of hydrogen-bond donors (Lipinski definition) is 0. The zero-order chi connectivity index (χ0) is 21.0. The van der Waals surface area contributed by atoms with E-state index in [4.69, 9.17) is 9.47 Å². The fourth-order valence-corrected chi connectivity index (χ4v) is 4.06. The van der Waals surface area contributed by atoms with Crippen LogP contribution in [0.2, 0.25) is 0 Å². The first kappa shape index (κ1) is 20.9. The largest absolute Gasteiger partial charge is 0.493 e. The van der Waals surface area contributed by atoms with E-state index in [9.17, 15) is 14.0 Å². The number of ether oxygens (including phenoxy) is 2. The quantitative estimate of drug-likeness (QED) is 0.612. The van der Waals surface area contributed by atoms with Gasteiger partial charge < -0.3 is 9.47 Å². The summed E-state index contributed by atoms with van der Waals surface area (Å²) in [6.45, 7) is 2.16. The fraction of sp³-hybridized carbons (Fsp3) is 0.273. The lowest BCUT2D eigenvalue weighted by atomic mass is 10.1. The Kier molecular flexibility index (Phi) is 6.59. The molecule has 2 aromatic carbocycles. The molecule has 152 valence electrons. The molecule has 0 unspecified atom stereocenters. The van der Waals surface area contributed by atoms with Crippen molar-refractivity contribution >= 4 is 29.1 Å². The molecule has 0 radical (unpaired) electrons. The summed E-state index contributed by atoms with van der Waals surface area (Å²) in [6.07, 6.45) is 0.485. The average Bonchev–Trinajstić information content (AvgIpc) is 2.96. The molecule has 0 aliphatic carbocycles. The van der Waals surface area contributed by atoms with Gasteiger partial charge in [-0.1, -0.05) is 25.1 Å². The fourth-order valence-electron chi connectivity index (χ4n) is 3.18. The summed E-state index contributed by atoms with van der Waals surface area (Å²) < 4.78 is 23.8. The molecule has 0 spiro atoms. The maximum atomic E-state index is 13.3. The van der Waals surface area contributed by atoms with Crippen LogP contribution in [0.1, 0.15) is 18.1 Å². The van der Waals surface area contributed by atoms with Crippen LogP contribution in [0, 0.1) is 5.82 Å². The second-order valence-corrected chi connectivity index (χ2v) is 7.62. The zero-order valence-electron chi connectivity index (χ0n) is 16.5. The van der Waals surface area contributed by atoms with Crippen molar-refractivity contribution in [3.8, 4) is 11.5 Å². The van der Waals surface area contributed by atoms with Crippen molar-refractivity contribution in [1.82, 2.24) is 4.90 Å². The molecule has 0 atom stereocenters. The molecular formula is C22H22FNO4S. The van der Waals surface area contributed by atoms with E-state index in [2.05, 4.69) is 0 Å². The molecule has 0 saturated carbocycles. The molecule has 1 heterocycles. The van der Waals surface area contributed by atoms with Crippen molar-refractivity contribution in [2.24, 2.45) is 0 Å². The van der Waals surface area contributed by atoms with Crippen LogP contribution < -0.4 is 9.47 Å². The monoisotopic (exact) mass is 415 g/mol. The van der Waals surface area contributed by atoms with Crippen molar-refractivity contribution in [3.05, 3.63) is 64.3 Å². The molecule has 0 fully saturated rings.